The number of primary amides is 2. The molecule has 0 aliphatic rings. The molecule has 0 aliphatic heterocycles. The SMILES string of the molecule is CCCCCCCCCCCCCCC(CC)C(N)=O.CCCCCCCCCCCCCCCCCC(N)=O. The predicted octanol–water partition coefficient (Wildman–Crippen LogP) is 11.3. The molecular formula is C36H74N2O2. The lowest BCUT2D eigenvalue weighted by atomic mass is 9.97. The second-order valence-corrected chi connectivity index (χ2v) is 12.4. The van der Waals surface area contributed by atoms with E-state index in [1.807, 2.05) is 0 Å². The van der Waals surface area contributed by atoms with Crippen LogP contribution in [0, 0.1) is 5.92 Å². The third-order valence-electron chi connectivity index (χ3n) is 8.33. The average molecular weight is 567 g/mol. The molecule has 1 atom stereocenters. The first-order valence-corrected chi connectivity index (χ1v) is 18.1. The Morgan fingerprint density at radius 2 is 0.700 bits per heavy atom. The largest absolute Gasteiger partial charge is 0.370 e. The molecule has 4 heteroatoms. The summed E-state index contributed by atoms with van der Waals surface area (Å²) < 4.78 is 0. The molecule has 40 heavy (non-hydrogen) atoms. The molecule has 0 aromatic carbocycles. The third kappa shape index (κ3) is 36.9. The summed E-state index contributed by atoms with van der Waals surface area (Å²) in [6, 6.07) is 0. The molecule has 0 aromatic rings. The summed E-state index contributed by atoms with van der Waals surface area (Å²) in [7, 11) is 0. The van der Waals surface area contributed by atoms with Crippen molar-refractivity contribution in [3.8, 4) is 0 Å². The average Bonchev–Trinajstić information content (AvgIpc) is 2.93. The fourth-order valence-electron chi connectivity index (χ4n) is 5.45. The van der Waals surface area contributed by atoms with Crippen molar-refractivity contribution in [1.29, 1.82) is 0 Å². The van der Waals surface area contributed by atoms with Gasteiger partial charge in [0.05, 0.1) is 0 Å². The maximum absolute atomic E-state index is 11.1. The fraction of sp³-hybridized carbons (Fsp3) is 0.944. The fourth-order valence-corrected chi connectivity index (χ4v) is 5.45. The maximum atomic E-state index is 11.1. The van der Waals surface area contributed by atoms with Crippen molar-refractivity contribution in [2.45, 2.75) is 213 Å². The first-order valence-electron chi connectivity index (χ1n) is 18.1. The Labute approximate surface area is 252 Å². The Morgan fingerprint density at radius 3 is 0.950 bits per heavy atom. The maximum Gasteiger partial charge on any atom is 0.220 e. The first kappa shape index (κ1) is 41.1. The van der Waals surface area contributed by atoms with Gasteiger partial charge in [0.15, 0.2) is 0 Å². The smallest absolute Gasteiger partial charge is 0.220 e. The number of unbranched alkanes of at least 4 members (excludes halogenated alkanes) is 25. The Balaban J connectivity index is 0. The molecular weight excluding hydrogens is 492 g/mol. The lowest BCUT2D eigenvalue weighted by Crippen LogP contribution is -2.22. The van der Waals surface area contributed by atoms with E-state index in [9.17, 15) is 9.59 Å². The Hall–Kier alpha value is -1.06. The van der Waals surface area contributed by atoms with Gasteiger partial charge in [0.2, 0.25) is 11.8 Å². The van der Waals surface area contributed by atoms with Gasteiger partial charge in [-0.2, -0.15) is 0 Å². The quantitative estimate of drug-likeness (QED) is 0.0817. The van der Waals surface area contributed by atoms with Crippen LogP contribution in [0.25, 0.3) is 0 Å². The van der Waals surface area contributed by atoms with Crippen LogP contribution >= 0.6 is 0 Å². The van der Waals surface area contributed by atoms with Crippen LogP contribution in [0.15, 0.2) is 0 Å². The molecule has 0 spiro atoms. The summed E-state index contributed by atoms with van der Waals surface area (Å²) in [4.78, 5) is 21.6. The molecule has 0 aliphatic carbocycles. The zero-order valence-corrected chi connectivity index (χ0v) is 27.8. The monoisotopic (exact) mass is 567 g/mol. The molecule has 0 bridgehead atoms. The van der Waals surface area contributed by atoms with Crippen molar-refractivity contribution in [2.24, 2.45) is 17.4 Å². The zero-order valence-electron chi connectivity index (χ0n) is 27.8. The topological polar surface area (TPSA) is 86.2 Å². The first-order chi connectivity index (χ1) is 19.5. The van der Waals surface area contributed by atoms with E-state index in [-0.39, 0.29) is 17.7 Å². The van der Waals surface area contributed by atoms with Crippen LogP contribution in [0.2, 0.25) is 0 Å². The molecule has 0 saturated carbocycles. The highest BCUT2D eigenvalue weighted by molar-refractivity contribution is 5.76. The molecule has 0 fully saturated rings. The molecule has 4 nitrogen and oxygen atoms in total. The van der Waals surface area contributed by atoms with Crippen molar-refractivity contribution < 1.29 is 9.59 Å². The highest BCUT2D eigenvalue weighted by Gasteiger charge is 2.11. The van der Waals surface area contributed by atoms with Gasteiger partial charge in [0, 0.05) is 12.3 Å². The van der Waals surface area contributed by atoms with E-state index >= 15 is 0 Å². The molecule has 0 heterocycles. The van der Waals surface area contributed by atoms with E-state index in [4.69, 9.17) is 11.5 Å². The minimum absolute atomic E-state index is 0.109. The van der Waals surface area contributed by atoms with E-state index in [2.05, 4.69) is 20.8 Å². The van der Waals surface area contributed by atoms with Crippen molar-refractivity contribution in [3.05, 3.63) is 0 Å². The number of rotatable bonds is 31. The van der Waals surface area contributed by atoms with Crippen LogP contribution in [0.3, 0.4) is 0 Å². The molecule has 0 radical (unpaired) electrons. The summed E-state index contributed by atoms with van der Waals surface area (Å²) >= 11 is 0. The van der Waals surface area contributed by atoms with E-state index in [1.54, 1.807) is 0 Å². The summed E-state index contributed by atoms with van der Waals surface area (Å²) in [5, 5.41) is 0. The Kier molecular flexibility index (Phi) is 36.9. The summed E-state index contributed by atoms with van der Waals surface area (Å²) in [5.41, 5.74) is 10.5. The van der Waals surface area contributed by atoms with E-state index < -0.39 is 0 Å². The van der Waals surface area contributed by atoms with Crippen molar-refractivity contribution in [3.63, 3.8) is 0 Å². The van der Waals surface area contributed by atoms with E-state index in [0.717, 1.165) is 19.3 Å². The van der Waals surface area contributed by atoms with Gasteiger partial charge in [0.1, 0.15) is 0 Å². The van der Waals surface area contributed by atoms with Crippen LogP contribution in [-0.2, 0) is 9.59 Å². The second kappa shape index (κ2) is 36.0. The number of hydrogen-bond donors (Lipinski definition) is 2. The van der Waals surface area contributed by atoms with Gasteiger partial charge in [-0.3, -0.25) is 9.59 Å². The van der Waals surface area contributed by atoms with Crippen LogP contribution in [0.1, 0.15) is 213 Å². The van der Waals surface area contributed by atoms with Crippen molar-refractivity contribution in [2.75, 3.05) is 0 Å². The predicted molar refractivity (Wildman–Crippen MR) is 177 cm³/mol. The third-order valence-corrected chi connectivity index (χ3v) is 8.33. The Morgan fingerprint density at radius 1 is 0.425 bits per heavy atom. The van der Waals surface area contributed by atoms with Crippen LogP contribution in [0.5, 0.6) is 0 Å². The second-order valence-electron chi connectivity index (χ2n) is 12.4. The summed E-state index contributed by atoms with van der Waals surface area (Å²) in [6.45, 7) is 6.60. The lowest BCUT2D eigenvalue weighted by molar-refractivity contribution is -0.122. The Bertz CT molecular complexity index is 509. The normalized spacial score (nSPS) is 11.7. The molecule has 4 N–H and O–H groups in total. The molecule has 1 unspecified atom stereocenters. The van der Waals surface area contributed by atoms with Crippen molar-refractivity contribution in [1.82, 2.24) is 0 Å². The van der Waals surface area contributed by atoms with E-state index in [0.29, 0.717) is 6.42 Å². The van der Waals surface area contributed by atoms with Crippen molar-refractivity contribution >= 4 is 11.8 Å². The van der Waals surface area contributed by atoms with Crippen LogP contribution in [0.4, 0.5) is 0 Å². The number of nitrogens with two attached hydrogens (primary N) is 2. The molecule has 0 rings (SSSR count). The standard InChI is InChI=1S/2C18H37NO/c1-3-5-6-7-8-9-10-11-12-13-14-15-16-17(4-2)18(19)20;1-2-3-4-5-6-7-8-9-10-11-12-13-14-15-16-17-18(19)20/h17H,3-16H2,1-2H3,(H2,19,20);2-17H2,1H3,(H2,19,20). The number of amides is 2. The van der Waals surface area contributed by atoms with Gasteiger partial charge in [0.25, 0.3) is 0 Å². The van der Waals surface area contributed by atoms with Gasteiger partial charge < -0.3 is 11.5 Å². The van der Waals surface area contributed by atoms with Gasteiger partial charge in [-0.25, -0.2) is 0 Å². The zero-order chi connectivity index (χ0) is 29.9. The van der Waals surface area contributed by atoms with Gasteiger partial charge in [-0.05, 0) is 19.3 Å². The number of hydrogen-bond acceptors (Lipinski definition) is 2. The highest BCUT2D eigenvalue weighted by Crippen LogP contribution is 2.16. The van der Waals surface area contributed by atoms with Crippen LogP contribution in [-0.4, -0.2) is 11.8 Å². The van der Waals surface area contributed by atoms with Crippen LogP contribution < -0.4 is 11.5 Å². The van der Waals surface area contributed by atoms with Gasteiger partial charge in [-0.15, -0.1) is 0 Å². The van der Waals surface area contributed by atoms with E-state index in [1.165, 1.54) is 167 Å². The van der Waals surface area contributed by atoms with Gasteiger partial charge in [-0.1, -0.05) is 188 Å². The minimum atomic E-state index is -0.153. The minimum Gasteiger partial charge on any atom is -0.370 e. The number of carbonyl (C=O) groups excluding carboxylic acids is 2. The highest BCUT2D eigenvalue weighted by atomic mass is 16.1. The molecule has 0 aromatic heterocycles. The molecule has 2 amide bonds. The molecule has 240 valence electrons. The van der Waals surface area contributed by atoms with Gasteiger partial charge >= 0.3 is 0 Å². The summed E-state index contributed by atoms with van der Waals surface area (Å²) in [6.07, 6.45) is 39.1. The number of carbonyl (C=O) groups is 2. The summed E-state index contributed by atoms with van der Waals surface area (Å²) in [5.74, 6) is -0.159. The lowest BCUT2D eigenvalue weighted by Gasteiger charge is -2.09. The molecule has 0 saturated heterocycles.